The standard InChI is InChI=1S/C23H30N2O.ClH/c26-23(12-11-21-13-16-24-17-14-21)25(19-22-9-5-2-6-10-22)18-15-20-7-3-1-4-8-20;/h1-10,21,24H,11-19H2;1H. The predicted octanol–water partition coefficient (Wildman–Crippen LogP) is 4.46. The number of piperidine rings is 1. The van der Waals surface area contributed by atoms with Crippen molar-refractivity contribution in [1.29, 1.82) is 0 Å². The summed E-state index contributed by atoms with van der Waals surface area (Å²) in [5.41, 5.74) is 2.49. The van der Waals surface area contributed by atoms with Gasteiger partial charge < -0.3 is 10.2 Å². The van der Waals surface area contributed by atoms with Gasteiger partial charge in [0.2, 0.25) is 5.91 Å². The zero-order chi connectivity index (χ0) is 18.0. The van der Waals surface area contributed by atoms with E-state index in [4.69, 9.17) is 0 Å². The maximum absolute atomic E-state index is 12.9. The van der Waals surface area contributed by atoms with E-state index in [2.05, 4.69) is 41.7 Å². The number of carbonyl (C=O) groups excluding carboxylic acids is 1. The fourth-order valence-corrected chi connectivity index (χ4v) is 3.66. The van der Waals surface area contributed by atoms with E-state index in [1.165, 1.54) is 24.0 Å². The van der Waals surface area contributed by atoms with Crippen LogP contribution in [0.15, 0.2) is 60.7 Å². The summed E-state index contributed by atoms with van der Waals surface area (Å²) in [6, 6.07) is 20.8. The molecule has 1 aliphatic rings. The Morgan fingerprint density at radius 1 is 0.926 bits per heavy atom. The SMILES string of the molecule is Cl.O=C(CCC1CCNCC1)N(CCc1ccccc1)Cc1ccccc1. The van der Waals surface area contributed by atoms with E-state index in [0.717, 1.165) is 32.5 Å². The molecule has 1 amide bonds. The van der Waals surface area contributed by atoms with Crippen molar-refractivity contribution in [2.75, 3.05) is 19.6 Å². The van der Waals surface area contributed by atoms with Crippen LogP contribution in [0, 0.1) is 5.92 Å². The van der Waals surface area contributed by atoms with Gasteiger partial charge in [-0.15, -0.1) is 12.4 Å². The van der Waals surface area contributed by atoms with Gasteiger partial charge in [0.1, 0.15) is 0 Å². The monoisotopic (exact) mass is 386 g/mol. The third kappa shape index (κ3) is 7.36. The summed E-state index contributed by atoms with van der Waals surface area (Å²) in [5.74, 6) is 0.996. The molecular formula is C23H31ClN2O. The third-order valence-corrected chi connectivity index (χ3v) is 5.31. The molecule has 4 heteroatoms. The highest BCUT2D eigenvalue weighted by molar-refractivity contribution is 5.85. The lowest BCUT2D eigenvalue weighted by atomic mass is 9.93. The fraction of sp³-hybridized carbons (Fsp3) is 0.435. The molecule has 146 valence electrons. The molecule has 1 saturated heterocycles. The smallest absolute Gasteiger partial charge is 0.222 e. The van der Waals surface area contributed by atoms with Gasteiger partial charge in [-0.3, -0.25) is 4.79 Å². The number of benzene rings is 2. The van der Waals surface area contributed by atoms with Crippen LogP contribution < -0.4 is 5.32 Å². The number of nitrogens with one attached hydrogen (secondary N) is 1. The van der Waals surface area contributed by atoms with E-state index in [0.29, 0.717) is 24.8 Å². The average Bonchev–Trinajstić information content (AvgIpc) is 2.71. The van der Waals surface area contributed by atoms with E-state index in [-0.39, 0.29) is 12.4 Å². The summed E-state index contributed by atoms with van der Waals surface area (Å²) in [5, 5.41) is 3.40. The Bertz CT molecular complexity index is 657. The Hall–Kier alpha value is -1.84. The van der Waals surface area contributed by atoms with Gasteiger partial charge in [-0.1, -0.05) is 60.7 Å². The number of hydrogen-bond donors (Lipinski definition) is 1. The molecule has 27 heavy (non-hydrogen) atoms. The molecule has 2 aromatic carbocycles. The second-order valence-corrected chi connectivity index (χ2v) is 7.27. The molecule has 1 fully saturated rings. The molecule has 1 aliphatic heterocycles. The maximum atomic E-state index is 12.9. The van der Waals surface area contributed by atoms with Crippen LogP contribution in [-0.2, 0) is 17.8 Å². The Morgan fingerprint density at radius 2 is 1.52 bits per heavy atom. The molecule has 3 nitrogen and oxygen atoms in total. The first-order valence-electron chi connectivity index (χ1n) is 9.87. The molecule has 3 rings (SSSR count). The van der Waals surface area contributed by atoms with Gasteiger partial charge in [0, 0.05) is 19.5 Å². The van der Waals surface area contributed by atoms with Crippen LogP contribution in [0.2, 0.25) is 0 Å². The normalized spacial score (nSPS) is 14.4. The van der Waals surface area contributed by atoms with Crippen molar-refractivity contribution in [1.82, 2.24) is 10.2 Å². The van der Waals surface area contributed by atoms with Gasteiger partial charge in [0.25, 0.3) is 0 Å². The highest BCUT2D eigenvalue weighted by Gasteiger charge is 2.18. The quantitative estimate of drug-likeness (QED) is 0.726. The van der Waals surface area contributed by atoms with Gasteiger partial charge >= 0.3 is 0 Å². The van der Waals surface area contributed by atoms with Gasteiger partial charge in [0.05, 0.1) is 0 Å². The lowest BCUT2D eigenvalue weighted by molar-refractivity contribution is -0.132. The number of carbonyl (C=O) groups is 1. The lowest BCUT2D eigenvalue weighted by Gasteiger charge is -2.26. The van der Waals surface area contributed by atoms with Gasteiger partial charge in [-0.25, -0.2) is 0 Å². The average molecular weight is 387 g/mol. The molecule has 1 N–H and O–H groups in total. The molecule has 2 aromatic rings. The van der Waals surface area contributed by atoms with Crippen LogP contribution in [0.4, 0.5) is 0 Å². The zero-order valence-electron chi connectivity index (χ0n) is 16.0. The van der Waals surface area contributed by atoms with Crippen LogP contribution in [0.3, 0.4) is 0 Å². The molecule has 0 aromatic heterocycles. The van der Waals surface area contributed by atoms with Crippen LogP contribution in [0.1, 0.15) is 36.8 Å². The summed E-state index contributed by atoms with van der Waals surface area (Å²) < 4.78 is 0. The molecule has 0 spiro atoms. The summed E-state index contributed by atoms with van der Waals surface area (Å²) in [6.45, 7) is 3.68. The lowest BCUT2D eigenvalue weighted by Crippen LogP contribution is -2.33. The summed E-state index contributed by atoms with van der Waals surface area (Å²) in [7, 11) is 0. The minimum Gasteiger partial charge on any atom is -0.338 e. The van der Waals surface area contributed by atoms with E-state index < -0.39 is 0 Å². The minimum atomic E-state index is 0. The Morgan fingerprint density at radius 3 is 2.15 bits per heavy atom. The van der Waals surface area contributed by atoms with Crippen molar-refractivity contribution < 1.29 is 4.79 Å². The van der Waals surface area contributed by atoms with Crippen molar-refractivity contribution in [3.8, 4) is 0 Å². The van der Waals surface area contributed by atoms with Crippen molar-refractivity contribution in [2.24, 2.45) is 5.92 Å². The van der Waals surface area contributed by atoms with E-state index in [9.17, 15) is 4.79 Å². The van der Waals surface area contributed by atoms with Crippen LogP contribution in [0.5, 0.6) is 0 Å². The molecule has 0 saturated carbocycles. The number of amides is 1. The molecule has 0 atom stereocenters. The van der Waals surface area contributed by atoms with Crippen molar-refractivity contribution in [3.63, 3.8) is 0 Å². The van der Waals surface area contributed by atoms with Crippen molar-refractivity contribution in [2.45, 2.75) is 38.6 Å². The van der Waals surface area contributed by atoms with Gasteiger partial charge in [-0.2, -0.15) is 0 Å². The molecule has 0 bridgehead atoms. The van der Waals surface area contributed by atoms with Crippen LogP contribution >= 0.6 is 12.4 Å². The zero-order valence-corrected chi connectivity index (χ0v) is 16.8. The topological polar surface area (TPSA) is 32.3 Å². The van der Waals surface area contributed by atoms with Crippen LogP contribution in [0.25, 0.3) is 0 Å². The highest BCUT2D eigenvalue weighted by atomic mass is 35.5. The molecule has 0 aliphatic carbocycles. The van der Waals surface area contributed by atoms with E-state index >= 15 is 0 Å². The molecule has 0 unspecified atom stereocenters. The Kier molecular flexibility index (Phi) is 9.37. The predicted molar refractivity (Wildman–Crippen MR) is 114 cm³/mol. The summed E-state index contributed by atoms with van der Waals surface area (Å²) in [6.07, 6.45) is 5.02. The van der Waals surface area contributed by atoms with Crippen LogP contribution in [-0.4, -0.2) is 30.4 Å². The van der Waals surface area contributed by atoms with Crippen molar-refractivity contribution in [3.05, 3.63) is 71.8 Å². The van der Waals surface area contributed by atoms with Crippen molar-refractivity contribution >= 4 is 18.3 Å². The number of nitrogens with zero attached hydrogens (tertiary/aromatic N) is 1. The van der Waals surface area contributed by atoms with E-state index in [1.54, 1.807) is 0 Å². The molecular weight excluding hydrogens is 356 g/mol. The highest BCUT2D eigenvalue weighted by Crippen LogP contribution is 2.19. The first kappa shape index (κ1) is 21.5. The first-order valence-corrected chi connectivity index (χ1v) is 9.87. The van der Waals surface area contributed by atoms with Gasteiger partial charge in [0.15, 0.2) is 0 Å². The maximum Gasteiger partial charge on any atom is 0.222 e. The summed E-state index contributed by atoms with van der Waals surface area (Å²) in [4.78, 5) is 15.0. The third-order valence-electron chi connectivity index (χ3n) is 5.31. The molecule has 1 heterocycles. The fourth-order valence-electron chi connectivity index (χ4n) is 3.66. The second kappa shape index (κ2) is 11.8. The number of halogens is 1. The Labute approximate surface area is 169 Å². The largest absolute Gasteiger partial charge is 0.338 e. The van der Waals surface area contributed by atoms with Gasteiger partial charge in [-0.05, 0) is 55.8 Å². The number of hydrogen-bond acceptors (Lipinski definition) is 2. The minimum absolute atomic E-state index is 0. The first-order chi connectivity index (χ1) is 12.8. The number of rotatable bonds is 8. The second-order valence-electron chi connectivity index (χ2n) is 7.27. The summed E-state index contributed by atoms with van der Waals surface area (Å²) >= 11 is 0. The molecule has 0 radical (unpaired) electrons. The van der Waals surface area contributed by atoms with E-state index in [1.807, 2.05) is 29.2 Å². The Balaban J connectivity index is 0.00000261.